The lowest BCUT2D eigenvalue weighted by molar-refractivity contribution is 0.107. The van der Waals surface area contributed by atoms with Crippen molar-refractivity contribution >= 4 is 0 Å². The van der Waals surface area contributed by atoms with Gasteiger partial charge in [0, 0.05) is 25.2 Å². The van der Waals surface area contributed by atoms with Crippen molar-refractivity contribution in [2.45, 2.75) is 64.5 Å². The predicted octanol–water partition coefficient (Wildman–Crippen LogP) is 2.31. The van der Waals surface area contributed by atoms with Gasteiger partial charge in [0.1, 0.15) is 0 Å². The van der Waals surface area contributed by atoms with Crippen LogP contribution < -0.4 is 5.73 Å². The fourth-order valence-corrected chi connectivity index (χ4v) is 4.72. The van der Waals surface area contributed by atoms with Gasteiger partial charge in [0.15, 0.2) is 0 Å². The second kappa shape index (κ2) is 5.94. The molecule has 3 rings (SSSR count). The molecule has 3 unspecified atom stereocenters. The Balaban J connectivity index is 1.51. The predicted molar refractivity (Wildman–Crippen MR) is 84.7 cm³/mol. The third-order valence-corrected chi connectivity index (χ3v) is 6.20. The molecule has 2 saturated heterocycles. The summed E-state index contributed by atoms with van der Waals surface area (Å²) in [6.45, 7) is 11.2. The molecular weight excluding hydrogens is 246 g/mol. The molecule has 0 amide bonds. The van der Waals surface area contributed by atoms with Crippen molar-refractivity contribution in [3.8, 4) is 0 Å². The van der Waals surface area contributed by atoms with Gasteiger partial charge in [-0.05, 0) is 63.1 Å². The van der Waals surface area contributed by atoms with E-state index in [0.29, 0.717) is 11.5 Å². The van der Waals surface area contributed by atoms with E-state index in [1.165, 1.54) is 71.2 Å². The number of hydrogen-bond donors (Lipinski definition) is 1. The van der Waals surface area contributed by atoms with Gasteiger partial charge in [-0.1, -0.05) is 20.3 Å². The lowest BCUT2D eigenvalue weighted by Gasteiger charge is -2.43. The lowest BCUT2D eigenvalue weighted by Crippen LogP contribution is -2.50. The molecule has 0 aromatic heterocycles. The fraction of sp³-hybridized carbons (Fsp3) is 1.00. The number of rotatable bonds is 3. The summed E-state index contributed by atoms with van der Waals surface area (Å²) in [5, 5.41) is 0. The molecule has 3 heteroatoms. The standard InChI is InChI=1S/C17H33N3/c1-17(2)8-5-6-14(16(17)18)12-19-11-7-15(13-19)20-9-3-4-10-20/h14-16H,3-13,18H2,1-2H3. The van der Waals surface area contributed by atoms with Crippen LogP contribution in [0.1, 0.15) is 52.4 Å². The fourth-order valence-electron chi connectivity index (χ4n) is 4.72. The van der Waals surface area contributed by atoms with Gasteiger partial charge >= 0.3 is 0 Å². The van der Waals surface area contributed by atoms with E-state index in [0.717, 1.165) is 12.0 Å². The summed E-state index contributed by atoms with van der Waals surface area (Å²) in [4.78, 5) is 5.43. The summed E-state index contributed by atoms with van der Waals surface area (Å²) < 4.78 is 0. The van der Waals surface area contributed by atoms with Crippen LogP contribution in [0.25, 0.3) is 0 Å². The van der Waals surface area contributed by atoms with E-state index >= 15 is 0 Å². The highest BCUT2D eigenvalue weighted by atomic mass is 15.3. The Morgan fingerprint density at radius 1 is 1.05 bits per heavy atom. The molecule has 2 heterocycles. The largest absolute Gasteiger partial charge is 0.327 e. The number of nitrogens with two attached hydrogens (primary N) is 1. The van der Waals surface area contributed by atoms with Crippen molar-refractivity contribution in [1.29, 1.82) is 0 Å². The minimum absolute atomic E-state index is 0.344. The first kappa shape index (κ1) is 14.8. The molecule has 0 bridgehead atoms. The van der Waals surface area contributed by atoms with Crippen LogP contribution in [0.5, 0.6) is 0 Å². The highest BCUT2D eigenvalue weighted by Gasteiger charge is 2.38. The average molecular weight is 279 g/mol. The topological polar surface area (TPSA) is 32.5 Å². The van der Waals surface area contributed by atoms with Crippen molar-refractivity contribution in [1.82, 2.24) is 9.80 Å². The molecule has 2 N–H and O–H groups in total. The molecule has 3 nitrogen and oxygen atoms in total. The lowest BCUT2D eigenvalue weighted by atomic mass is 9.68. The minimum atomic E-state index is 0.344. The Labute approximate surface area is 124 Å². The first-order chi connectivity index (χ1) is 9.56. The van der Waals surface area contributed by atoms with Crippen molar-refractivity contribution in [3.63, 3.8) is 0 Å². The molecule has 3 fully saturated rings. The molecule has 3 atom stereocenters. The third kappa shape index (κ3) is 3.05. The molecule has 1 saturated carbocycles. The normalized spacial score (nSPS) is 39.5. The van der Waals surface area contributed by atoms with Crippen molar-refractivity contribution in [3.05, 3.63) is 0 Å². The summed E-state index contributed by atoms with van der Waals surface area (Å²) >= 11 is 0. The zero-order valence-electron chi connectivity index (χ0n) is 13.5. The molecular formula is C17H33N3. The molecule has 0 aromatic carbocycles. The molecule has 20 heavy (non-hydrogen) atoms. The van der Waals surface area contributed by atoms with Crippen molar-refractivity contribution in [2.24, 2.45) is 17.1 Å². The van der Waals surface area contributed by atoms with Crippen LogP contribution in [0, 0.1) is 11.3 Å². The maximum Gasteiger partial charge on any atom is 0.0235 e. The molecule has 2 aliphatic heterocycles. The first-order valence-electron chi connectivity index (χ1n) is 8.78. The molecule has 3 aliphatic rings. The van der Waals surface area contributed by atoms with Crippen molar-refractivity contribution in [2.75, 3.05) is 32.7 Å². The summed E-state index contributed by atoms with van der Waals surface area (Å²) in [6, 6.07) is 1.23. The molecule has 116 valence electrons. The van der Waals surface area contributed by atoms with Gasteiger partial charge in [0.05, 0.1) is 0 Å². The summed E-state index contributed by atoms with van der Waals surface area (Å²) in [7, 11) is 0. The Bertz CT molecular complexity index is 322. The van der Waals surface area contributed by atoms with E-state index in [1.54, 1.807) is 0 Å². The molecule has 0 radical (unpaired) electrons. The van der Waals surface area contributed by atoms with E-state index in [9.17, 15) is 0 Å². The van der Waals surface area contributed by atoms with E-state index in [-0.39, 0.29) is 0 Å². The van der Waals surface area contributed by atoms with Gasteiger partial charge in [-0.25, -0.2) is 0 Å². The SMILES string of the molecule is CC1(C)CCCC(CN2CCC(N3CCCC3)C2)C1N. The van der Waals surface area contributed by atoms with E-state index in [1.807, 2.05) is 0 Å². The number of nitrogens with zero attached hydrogens (tertiary/aromatic N) is 2. The third-order valence-electron chi connectivity index (χ3n) is 6.20. The van der Waals surface area contributed by atoms with Crippen molar-refractivity contribution < 1.29 is 0 Å². The Morgan fingerprint density at radius 2 is 1.80 bits per heavy atom. The number of likely N-dealkylation sites (tertiary alicyclic amines) is 2. The van der Waals surface area contributed by atoms with Gasteiger partial charge in [-0.3, -0.25) is 4.90 Å². The van der Waals surface area contributed by atoms with Crippen LogP contribution in [0.15, 0.2) is 0 Å². The van der Waals surface area contributed by atoms with E-state index in [2.05, 4.69) is 23.6 Å². The van der Waals surface area contributed by atoms with Crippen LogP contribution in [-0.2, 0) is 0 Å². The highest BCUT2D eigenvalue weighted by molar-refractivity contribution is 4.94. The van der Waals surface area contributed by atoms with Crippen LogP contribution >= 0.6 is 0 Å². The smallest absolute Gasteiger partial charge is 0.0235 e. The summed E-state index contributed by atoms with van der Waals surface area (Å²) in [5.74, 6) is 0.719. The minimum Gasteiger partial charge on any atom is -0.327 e. The summed E-state index contributed by atoms with van der Waals surface area (Å²) in [5.41, 5.74) is 6.90. The molecule has 0 spiro atoms. The highest BCUT2D eigenvalue weighted by Crippen LogP contribution is 2.38. The van der Waals surface area contributed by atoms with Gasteiger partial charge in [-0.15, -0.1) is 0 Å². The Hall–Kier alpha value is -0.120. The second-order valence-electron chi connectivity index (χ2n) is 8.11. The van der Waals surface area contributed by atoms with E-state index < -0.39 is 0 Å². The quantitative estimate of drug-likeness (QED) is 0.860. The van der Waals surface area contributed by atoms with Crippen LogP contribution in [0.3, 0.4) is 0 Å². The maximum absolute atomic E-state index is 6.55. The van der Waals surface area contributed by atoms with Crippen LogP contribution in [0.2, 0.25) is 0 Å². The zero-order chi connectivity index (χ0) is 14.2. The van der Waals surface area contributed by atoms with E-state index in [4.69, 9.17) is 5.73 Å². The maximum atomic E-state index is 6.55. The van der Waals surface area contributed by atoms with Gasteiger partial charge < -0.3 is 10.6 Å². The monoisotopic (exact) mass is 279 g/mol. The van der Waals surface area contributed by atoms with Gasteiger partial charge in [-0.2, -0.15) is 0 Å². The van der Waals surface area contributed by atoms with Crippen LogP contribution in [-0.4, -0.2) is 54.6 Å². The first-order valence-corrected chi connectivity index (χ1v) is 8.78. The zero-order valence-corrected chi connectivity index (χ0v) is 13.5. The Morgan fingerprint density at radius 3 is 2.55 bits per heavy atom. The average Bonchev–Trinajstić information content (AvgIpc) is 3.05. The van der Waals surface area contributed by atoms with Gasteiger partial charge in [0.2, 0.25) is 0 Å². The van der Waals surface area contributed by atoms with Crippen LogP contribution in [0.4, 0.5) is 0 Å². The summed E-state index contributed by atoms with van der Waals surface area (Å²) in [6.07, 6.45) is 8.23. The Kier molecular flexibility index (Phi) is 4.40. The molecule has 1 aliphatic carbocycles. The number of hydrogen-bond acceptors (Lipinski definition) is 3. The second-order valence-corrected chi connectivity index (χ2v) is 8.11. The van der Waals surface area contributed by atoms with Gasteiger partial charge in [0.25, 0.3) is 0 Å². The molecule has 0 aromatic rings.